The Kier molecular flexibility index (Phi) is 6.38. The molecule has 3 aromatic rings. The van der Waals surface area contributed by atoms with Crippen LogP contribution >= 0.6 is 0 Å². The molecule has 1 amide bonds. The molecule has 0 spiro atoms. The number of phenols is 1. The monoisotopic (exact) mass is 470 g/mol. The number of hydrogen-bond acceptors (Lipinski definition) is 6. The molecule has 3 N–H and O–H groups in total. The van der Waals surface area contributed by atoms with Gasteiger partial charge in [0.2, 0.25) is 0 Å². The number of carbonyl (C=O) groups excluding carboxylic acids is 1. The molecule has 35 heavy (non-hydrogen) atoms. The number of anilines is 2. The number of aromatic carboxylic acids is 1. The number of rotatable bonds is 6. The molecular weight excluding hydrogens is 444 g/mol. The summed E-state index contributed by atoms with van der Waals surface area (Å²) in [4.78, 5) is 24.6. The first-order valence-corrected chi connectivity index (χ1v) is 11.2. The Morgan fingerprint density at radius 2 is 1.77 bits per heavy atom. The zero-order chi connectivity index (χ0) is 25.3. The van der Waals surface area contributed by atoms with Crippen LogP contribution < -0.4 is 10.4 Å². The zero-order valence-electron chi connectivity index (χ0n) is 19.9. The number of nitrogens with zero attached hydrogens (tertiary/aromatic N) is 3. The SMILES string of the molecule is Cc1ccc(N2N=C(C(C)C)C(=NNc3cccc(-c4cccc(C(=O)O)c4)c3O)C2=O)cc1C. The van der Waals surface area contributed by atoms with Gasteiger partial charge in [-0.2, -0.15) is 15.2 Å². The summed E-state index contributed by atoms with van der Waals surface area (Å²) >= 11 is 0. The molecule has 3 aromatic carbocycles. The number of amides is 1. The minimum Gasteiger partial charge on any atom is -0.505 e. The van der Waals surface area contributed by atoms with Crippen LogP contribution in [0.1, 0.15) is 35.3 Å². The van der Waals surface area contributed by atoms with Gasteiger partial charge in [-0.1, -0.05) is 44.2 Å². The first-order valence-electron chi connectivity index (χ1n) is 11.2. The van der Waals surface area contributed by atoms with Gasteiger partial charge in [0.25, 0.3) is 0 Å². The molecule has 0 aromatic heterocycles. The van der Waals surface area contributed by atoms with E-state index in [4.69, 9.17) is 0 Å². The Morgan fingerprint density at radius 3 is 2.46 bits per heavy atom. The van der Waals surface area contributed by atoms with Gasteiger partial charge in [-0.25, -0.2) is 4.79 Å². The second kappa shape index (κ2) is 9.42. The van der Waals surface area contributed by atoms with E-state index in [2.05, 4.69) is 15.6 Å². The van der Waals surface area contributed by atoms with E-state index in [9.17, 15) is 19.8 Å². The lowest BCUT2D eigenvalue weighted by molar-refractivity contribution is -0.112. The van der Waals surface area contributed by atoms with Crippen LogP contribution in [0.15, 0.2) is 70.9 Å². The molecule has 1 aliphatic heterocycles. The molecule has 8 nitrogen and oxygen atoms in total. The maximum atomic E-state index is 13.2. The zero-order valence-corrected chi connectivity index (χ0v) is 19.9. The van der Waals surface area contributed by atoms with E-state index in [0.717, 1.165) is 11.1 Å². The van der Waals surface area contributed by atoms with Crippen molar-refractivity contribution in [3.8, 4) is 16.9 Å². The first-order chi connectivity index (χ1) is 16.7. The van der Waals surface area contributed by atoms with Crippen molar-refractivity contribution in [2.24, 2.45) is 16.1 Å². The van der Waals surface area contributed by atoms with Crippen LogP contribution in [-0.4, -0.2) is 33.5 Å². The fourth-order valence-electron chi connectivity index (χ4n) is 3.74. The molecule has 1 aliphatic rings. The van der Waals surface area contributed by atoms with Crippen LogP contribution in [0.3, 0.4) is 0 Å². The summed E-state index contributed by atoms with van der Waals surface area (Å²) < 4.78 is 0. The molecule has 8 heteroatoms. The number of hydrogen-bond donors (Lipinski definition) is 3. The third-order valence-electron chi connectivity index (χ3n) is 5.87. The molecule has 0 unspecified atom stereocenters. The number of hydrazone groups is 2. The molecule has 0 radical (unpaired) electrons. The molecule has 0 atom stereocenters. The summed E-state index contributed by atoms with van der Waals surface area (Å²) in [6.07, 6.45) is 0. The number of benzene rings is 3. The predicted molar refractivity (Wildman–Crippen MR) is 137 cm³/mol. The normalized spacial score (nSPS) is 14.5. The molecule has 4 rings (SSSR count). The molecule has 0 aliphatic carbocycles. The quantitative estimate of drug-likeness (QED) is 0.338. The smallest absolute Gasteiger partial charge is 0.335 e. The van der Waals surface area contributed by atoms with Crippen molar-refractivity contribution in [2.45, 2.75) is 27.7 Å². The van der Waals surface area contributed by atoms with Gasteiger partial charge in [-0.05, 0) is 66.8 Å². The van der Waals surface area contributed by atoms with Crippen LogP contribution in [0.4, 0.5) is 11.4 Å². The van der Waals surface area contributed by atoms with E-state index < -0.39 is 5.97 Å². The van der Waals surface area contributed by atoms with Crippen LogP contribution in [0, 0.1) is 19.8 Å². The highest BCUT2D eigenvalue weighted by atomic mass is 16.4. The lowest BCUT2D eigenvalue weighted by Crippen LogP contribution is -2.29. The average molecular weight is 471 g/mol. The number of para-hydroxylation sites is 1. The summed E-state index contributed by atoms with van der Waals surface area (Å²) in [7, 11) is 0. The van der Waals surface area contributed by atoms with E-state index in [1.54, 1.807) is 30.3 Å². The van der Waals surface area contributed by atoms with Gasteiger partial charge < -0.3 is 10.2 Å². The van der Waals surface area contributed by atoms with Crippen molar-refractivity contribution in [3.63, 3.8) is 0 Å². The number of phenolic OH excluding ortho intramolecular Hbond substituents is 1. The maximum absolute atomic E-state index is 13.2. The minimum absolute atomic E-state index is 0.0604. The van der Waals surface area contributed by atoms with Crippen LogP contribution in [0.5, 0.6) is 5.75 Å². The lowest BCUT2D eigenvalue weighted by Gasteiger charge is -2.13. The van der Waals surface area contributed by atoms with Crippen molar-refractivity contribution in [3.05, 3.63) is 77.4 Å². The van der Waals surface area contributed by atoms with Crippen molar-refractivity contribution < 1.29 is 19.8 Å². The van der Waals surface area contributed by atoms with Gasteiger partial charge in [-0.15, -0.1) is 0 Å². The minimum atomic E-state index is -1.06. The lowest BCUT2D eigenvalue weighted by atomic mass is 10.0. The summed E-state index contributed by atoms with van der Waals surface area (Å²) in [6.45, 7) is 7.84. The van der Waals surface area contributed by atoms with Gasteiger partial charge in [0.15, 0.2) is 5.71 Å². The Labute approximate surface area is 203 Å². The Hall–Kier alpha value is -4.46. The van der Waals surface area contributed by atoms with E-state index in [1.807, 2.05) is 45.9 Å². The summed E-state index contributed by atoms with van der Waals surface area (Å²) in [5, 5.41) is 30.3. The van der Waals surface area contributed by atoms with Gasteiger partial charge in [0.1, 0.15) is 5.75 Å². The molecule has 178 valence electrons. The Balaban J connectivity index is 1.66. The summed E-state index contributed by atoms with van der Waals surface area (Å²) in [5.74, 6) is -1.59. The Morgan fingerprint density at radius 1 is 1.03 bits per heavy atom. The third kappa shape index (κ3) is 4.63. The van der Waals surface area contributed by atoms with E-state index >= 15 is 0 Å². The van der Waals surface area contributed by atoms with Gasteiger partial charge in [0, 0.05) is 5.56 Å². The van der Waals surface area contributed by atoms with Gasteiger partial charge in [0.05, 0.1) is 22.6 Å². The molecule has 1 heterocycles. The fraction of sp³-hybridized carbons (Fsp3) is 0.185. The van der Waals surface area contributed by atoms with Crippen molar-refractivity contribution in [1.82, 2.24) is 0 Å². The average Bonchev–Trinajstić information content (AvgIpc) is 3.16. The number of carbonyl (C=O) groups is 2. The largest absolute Gasteiger partial charge is 0.505 e. The molecule has 0 bridgehead atoms. The first kappa shape index (κ1) is 23.7. The van der Waals surface area contributed by atoms with E-state index in [-0.39, 0.29) is 34.5 Å². The fourth-order valence-corrected chi connectivity index (χ4v) is 3.74. The van der Waals surface area contributed by atoms with Crippen molar-refractivity contribution in [2.75, 3.05) is 10.4 Å². The van der Waals surface area contributed by atoms with E-state index in [1.165, 1.54) is 17.1 Å². The number of aryl methyl sites for hydroxylation is 2. The standard InChI is InChI=1S/C27H26N4O4/c1-15(2)23-24(26(33)31(30-23)20-12-11-16(3)17(4)13-20)29-28-22-10-6-9-21(25(22)32)18-7-5-8-19(14-18)27(34)35/h5-15,28,32H,1-4H3,(H,34,35). The van der Waals surface area contributed by atoms with Gasteiger partial charge >= 0.3 is 11.9 Å². The molecule has 0 fully saturated rings. The number of carboxylic acid groups (broad SMARTS) is 1. The number of carboxylic acids is 1. The van der Waals surface area contributed by atoms with Crippen molar-refractivity contribution in [1.29, 1.82) is 0 Å². The highest BCUT2D eigenvalue weighted by Crippen LogP contribution is 2.36. The van der Waals surface area contributed by atoms with Crippen molar-refractivity contribution >= 4 is 34.7 Å². The van der Waals surface area contributed by atoms with Crippen LogP contribution in [-0.2, 0) is 4.79 Å². The Bertz CT molecular complexity index is 1390. The molecule has 0 saturated carbocycles. The number of aromatic hydroxyl groups is 1. The highest BCUT2D eigenvalue weighted by molar-refractivity contribution is 6.72. The molecular formula is C27H26N4O4. The second-order valence-corrected chi connectivity index (χ2v) is 8.69. The van der Waals surface area contributed by atoms with Gasteiger partial charge in [-0.3, -0.25) is 10.2 Å². The summed E-state index contributed by atoms with van der Waals surface area (Å²) in [6, 6.07) is 17.0. The third-order valence-corrected chi connectivity index (χ3v) is 5.87. The van der Waals surface area contributed by atoms with Crippen LogP contribution in [0.2, 0.25) is 0 Å². The number of nitrogens with one attached hydrogen (secondary N) is 1. The van der Waals surface area contributed by atoms with Crippen LogP contribution in [0.25, 0.3) is 11.1 Å². The highest BCUT2D eigenvalue weighted by Gasteiger charge is 2.34. The maximum Gasteiger partial charge on any atom is 0.335 e. The predicted octanol–water partition coefficient (Wildman–Crippen LogP) is 5.20. The van der Waals surface area contributed by atoms with E-state index in [0.29, 0.717) is 22.5 Å². The second-order valence-electron chi connectivity index (χ2n) is 8.69. The topological polar surface area (TPSA) is 115 Å². The summed E-state index contributed by atoms with van der Waals surface area (Å²) in [5.41, 5.74) is 7.69. The molecule has 0 saturated heterocycles.